The summed E-state index contributed by atoms with van der Waals surface area (Å²) in [5.74, 6) is -0.757. The van der Waals surface area contributed by atoms with Crippen molar-refractivity contribution in [1.29, 1.82) is 0 Å². The van der Waals surface area contributed by atoms with Crippen LogP contribution in [0.2, 0.25) is 0 Å². The topological polar surface area (TPSA) is 83.6 Å². The molecule has 1 amide bonds. The van der Waals surface area contributed by atoms with E-state index in [1.54, 1.807) is 0 Å². The summed E-state index contributed by atoms with van der Waals surface area (Å²) in [4.78, 5) is 24.8. The number of carboxylic acids is 1. The second-order valence-corrected chi connectivity index (χ2v) is 5.62. The second kappa shape index (κ2) is 4.90. The van der Waals surface area contributed by atoms with Crippen molar-refractivity contribution >= 4 is 11.9 Å². The zero-order chi connectivity index (χ0) is 14.3. The van der Waals surface area contributed by atoms with E-state index < -0.39 is 5.97 Å². The van der Waals surface area contributed by atoms with Crippen molar-refractivity contribution in [3.63, 3.8) is 0 Å². The van der Waals surface area contributed by atoms with E-state index >= 15 is 0 Å². The van der Waals surface area contributed by atoms with Crippen molar-refractivity contribution in [2.24, 2.45) is 5.73 Å². The van der Waals surface area contributed by atoms with Crippen molar-refractivity contribution in [3.8, 4) is 0 Å². The average molecular weight is 274 g/mol. The van der Waals surface area contributed by atoms with E-state index in [1.165, 1.54) is 0 Å². The van der Waals surface area contributed by atoms with Gasteiger partial charge in [-0.1, -0.05) is 12.1 Å². The largest absolute Gasteiger partial charge is 0.481 e. The summed E-state index contributed by atoms with van der Waals surface area (Å²) in [7, 11) is 0. The van der Waals surface area contributed by atoms with Crippen LogP contribution >= 0.6 is 0 Å². The molecule has 1 aliphatic heterocycles. The normalized spacial score (nSPS) is 19.1. The molecule has 20 heavy (non-hydrogen) atoms. The second-order valence-electron chi connectivity index (χ2n) is 5.62. The number of carbonyl (C=O) groups excluding carboxylic acids is 1. The van der Waals surface area contributed by atoms with Crippen molar-refractivity contribution in [1.82, 2.24) is 4.90 Å². The summed E-state index contributed by atoms with van der Waals surface area (Å²) in [5, 5.41) is 8.69. The number of rotatable bonds is 5. The summed E-state index contributed by atoms with van der Waals surface area (Å²) in [6.07, 6.45) is 2.63. The lowest BCUT2D eigenvalue weighted by Gasteiger charge is -2.13. The van der Waals surface area contributed by atoms with Crippen LogP contribution in [-0.4, -0.2) is 27.9 Å². The van der Waals surface area contributed by atoms with E-state index in [9.17, 15) is 9.59 Å². The first-order chi connectivity index (χ1) is 9.56. The highest BCUT2D eigenvalue weighted by atomic mass is 16.4. The standard InChI is InChI=1S/C15H18N2O3/c16-13(5-6-14(18)19)9-1-2-10-8-17(11-3-4-11)15(20)12(10)7-9/h1-2,7,11,13H,3-6,8,16H2,(H,18,19). The van der Waals surface area contributed by atoms with Crippen molar-refractivity contribution < 1.29 is 14.7 Å². The van der Waals surface area contributed by atoms with Gasteiger partial charge in [0.1, 0.15) is 0 Å². The van der Waals surface area contributed by atoms with E-state index in [4.69, 9.17) is 10.8 Å². The van der Waals surface area contributed by atoms with E-state index in [0.717, 1.165) is 29.5 Å². The maximum absolute atomic E-state index is 12.3. The summed E-state index contributed by atoms with van der Waals surface area (Å²) < 4.78 is 0. The quantitative estimate of drug-likeness (QED) is 0.855. The summed E-state index contributed by atoms with van der Waals surface area (Å²) in [5.41, 5.74) is 8.63. The molecule has 0 bridgehead atoms. The lowest BCUT2D eigenvalue weighted by atomic mass is 9.98. The van der Waals surface area contributed by atoms with Crippen LogP contribution in [0.25, 0.3) is 0 Å². The van der Waals surface area contributed by atoms with Gasteiger partial charge in [-0.2, -0.15) is 0 Å². The molecule has 1 fully saturated rings. The first-order valence-electron chi connectivity index (χ1n) is 6.97. The molecule has 1 aliphatic carbocycles. The Morgan fingerprint density at radius 3 is 2.85 bits per heavy atom. The minimum atomic E-state index is -0.849. The fourth-order valence-corrected chi connectivity index (χ4v) is 2.70. The highest BCUT2D eigenvalue weighted by Gasteiger charge is 2.38. The molecule has 1 unspecified atom stereocenters. The Morgan fingerprint density at radius 2 is 2.20 bits per heavy atom. The lowest BCUT2D eigenvalue weighted by molar-refractivity contribution is -0.137. The molecule has 2 aliphatic rings. The van der Waals surface area contributed by atoms with Gasteiger partial charge in [0.15, 0.2) is 0 Å². The Balaban J connectivity index is 1.77. The molecule has 0 aromatic heterocycles. The molecule has 5 nitrogen and oxygen atoms in total. The minimum absolute atomic E-state index is 0.0421. The molecule has 0 spiro atoms. The fourth-order valence-electron chi connectivity index (χ4n) is 2.70. The van der Waals surface area contributed by atoms with Gasteiger partial charge in [-0.25, -0.2) is 0 Å². The maximum atomic E-state index is 12.3. The Hall–Kier alpha value is -1.88. The van der Waals surface area contributed by atoms with Gasteiger partial charge < -0.3 is 15.7 Å². The Kier molecular flexibility index (Phi) is 3.22. The SMILES string of the molecule is NC(CCC(=O)O)c1ccc2c(c1)C(=O)N(C1CC1)C2. The van der Waals surface area contributed by atoms with Crippen LogP contribution in [0.3, 0.4) is 0 Å². The molecular formula is C15H18N2O3. The number of benzene rings is 1. The number of carbonyl (C=O) groups is 2. The van der Waals surface area contributed by atoms with Crippen LogP contribution in [0.1, 0.15) is 53.2 Å². The monoisotopic (exact) mass is 274 g/mol. The molecule has 3 N–H and O–H groups in total. The van der Waals surface area contributed by atoms with Gasteiger partial charge in [0.25, 0.3) is 5.91 Å². The predicted octanol–water partition coefficient (Wildman–Crippen LogP) is 1.67. The zero-order valence-corrected chi connectivity index (χ0v) is 11.2. The number of nitrogens with zero attached hydrogens (tertiary/aromatic N) is 1. The molecule has 0 radical (unpaired) electrons. The third-order valence-electron chi connectivity index (χ3n) is 4.05. The highest BCUT2D eigenvalue weighted by Crippen LogP contribution is 2.35. The lowest BCUT2D eigenvalue weighted by Crippen LogP contribution is -2.25. The van der Waals surface area contributed by atoms with Gasteiger partial charge in [-0.3, -0.25) is 9.59 Å². The van der Waals surface area contributed by atoms with E-state index in [0.29, 0.717) is 19.0 Å². The number of hydrogen-bond acceptors (Lipinski definition) is 3. The average Bonchev–Trinajstić information content (AvgIpc) is 3.21. The van der Waals surface area contributed by atoms with Gasteiger partial charge in [0, 0.05) is 30.6 Å². The molecule has 5 heteroatoms. The Labute approximate surface area is 117 Å². The predicted molar refractivity (Wildman–Crippen MR) is 73.1 cm³/mol. The zero-order valence-electron chi connectivity index (χ0n) is 11.2. The minimum Gasteiger partial charge on any atom is -0.481 e. The van der Waals surface area contributed by atoms with Gasteiger partial charge in [0.2, 0.25) is 0 Å². The molecule has 1 aromatic rings. The maximum Gasteiger partial charge on any atom is 0.303 e. The molecule has 1 saturated carbocycles. The molecule has 106 valence electrons. The molecule has 0 saturated heterocycles. The summed E-state index contributed by atoms with van der Waals surface area (Å²) in [6, 6.07) is 5.78. The van der Waals surface area contributed by atoms with Crippen LogP contribution in [0.4, 0.5) is 0 Å². The first kappa shape index (κ1) is 13.1. The van der Waals surface area contributed by atoms with Crippen molar-refractivity contribution in [3.05, 3.63) is 34.9 Å². The van der Waals surface area contributed by atoms with Gasteiger partial charge in [-0.15, -0.1) is 0 Å². The first-order valence-corrected chi connectivity index (χ1v) is 6.97. The Bertz CT molecular complexity index is 566. The van der Waals surface area contributed by atoms with E-state index in [-0.39, 0.29) is 18.4 Å². The summed E-state index contributed by atoms with van der Waals surface area (Å²) in [6.45, 7) is 0.698. The molecule has 3 rings (SSSR count). The number of amides is 1. The third kappa shape index (κ3) is 2.41. The highest BCUT2D eigenvalue weighted by molar-refractivity contribution is 5.98. The van der Waals surface area contributed by atoms with Crippen LogP contribution < -0.4 is 5.73 Å². The van der Waals surface area contributed by atoms with Crippen LogP contribution in [0.15, 0.2) is 18.2 Å². The van der Waals surface area contributed by atoms with Gasteiger partial charge >= 0.3 is 5.97 Å². The number of nitrogens with two attached hydrogens (primary N) is 1. The fraction of sp³-hybridized carbons (Fsp3) is 0.467. The smallest absolute Gasteiger partial charge is 0.303 e. The van der Waals surface area contributed by atoms with Crippen LogP contribution in [0, 0.1) is 0 Å². The number of hydrogen-bond donors (Lipinski definition) is 2. The van der Waals surface area contributed by atoms with E-state index in [1.807, 2.05) is 23.1 Å². The number of carboxylic acid groups (broad SMARTS) is 1. The Morgan fingerprint density at radius 1 is 1.45 bits per heavy atom. The summed E-state index contributed by atoms with van der Waals surface area (Å²) >= 11 is 0. The van der Waals surface area contributed by atoms with Gasteiger partial charge in [-0.05, 0) is 36.5 Å². The number of aliphatic carboxylic acids is 1. The molecule has 1 aromatic carbocycles. The van der Waals surface area contributed by atoms with E-state index in [2.05, 4.69) is 0 Å². The van der Waals surface area contributed by atoms with Gasteiger partial charge in [0.05, 0.1) is 0 Å². The molecule has 1 heterocycles. The van der Waals surface area contributed by atoms with Crippen LogP contribution in [-0.2, 0) is 11.3 Å². The van der Waals surface area contributed by atoms with Crippen molar-refractivity contribution in [2.45, 2.75) is 44.3 Å². The third-order valence-corrected chi connectivity index (χ3v) is 4.05. The number of fused-ring (bicyclic) bond motifs is 1. The molecular weight excluding hydrogens is 256 g/mol. The van der Waals surface area contributed by atoms with Crippen LogP contribution in [0.5, 0.6) is 0 Å². The van der Waals surface area contributed by atoms with Crippen molar-refractivity contribution in [2.75, 3.05) is 0 Å². The molecule has 1 atom stereocenters.